The summed E-state index contributed by atoms with van der Waals surface area (Å²) in [6.45, 7) is 3.81. The van der Waals surface area contributed by atoms with Crippen LogP contribution in [0.4, 0.5) is 5.69 Å². The van der Waals surface area contributed by atoms with Gasteiger partial charge in [-0.2, -0.15) is 0 Å². The maximum absolute atomic E-state index is 12.0. The fraction of sp³-hybridized carbons (Fsp3) is 0.333. The highest BCUT2D eigenvalue weighted by molar-refractivity contribution is 7.81. The first-order valence-electron chi connectivity index (χ1n) is 6.75. The van der Waals surface area contributed by atoms with Gasteiger partial charge < -0.3 is 15.7 Å². The molecule has 0 saturated heterocycles. The first kappa shape index (κ1) is 15.8. The molecule has 1 heterocycles. The highest BCUT2D eigenvalue weighted by Crippen LogP contribution is 2.26. The van der Waals surface area contributed by atoms with Gasteiger partial charge in [0.2, 0.25) is 0 Å². The molecule has 21 heavy (non-hydrogen) atoms. The molecule has 4 nitrogen and oxygen atoms in total. The molecule has 2 rings (SSSR count). The highest BCUT2D eigenvalue weighted by atomic mass is 35.5. The van der Waals surface area contributed by atoms with Crippen molar-refractivity contribution in [1.29, 1.82) is 0 Å². The van der Waals surface area contributed by atoms with E-state index in [-0.39, 0.29) is 28.3 Å². The number of halogens is 1. The summed E-state index contributed by atoms with van der Waals surface area (Å²) >= 11 is 11.4. The minimum atomic E-state index is -0.358. The molecule has 1 aromatic rings. The van der Waals surface area contributed by atoms with Gasteiger partial charge in [0.1, 0.15) is 16.3 Å². The third kappa shape index (κ3) is 3.36. The van der Waals surface area contributed by atoms with E-state index < -0.39 is 0 Å². The van der Waals surface area contributed by atoms with Crippen molar-refractivity contribution < 1.29 is 9.90 Å². The monoisotopic (exact) mass is 324 g/mol. The maximum Gasteiger partial charge on any atom is 0.257 e. The van der Waals surface area contributed by atoms with E-state index in [1.165, 1.54) is 0 Å². The van der Waals surface area contributed by atoms with Crippen molar-refractivity contribution in [3.8, 4) is 0 Å². The molecule has 0 radical (unpaired) electrons. The Balaban J connectivity index is 2.29. The lowest BCUT2D eigenvalue weighted by atomic mass is 10.0. The molecular formula is C15H17ClN2O2S. The number of aliphatic hydroxyl groups is 1. The number of thiocarbonyl (C=S) groups is 1. The minimum Gasteiger partial charge on any atom is -0.511 e. The molecule has 0 saturated carbocycles. The van der Waals surface area contributed by atoms with Crippen LogP contribution in [-0.4, -0.2) is 22.0 Å². The van der Waals surface area contributed by atoms with Crippen molar-refractivity contribution in [3.63, 3.8) is 0 Å². The van der Waals surface area contributed by atoms with Gasteiger partial charge in [0.25, 0.3) is 5.91 Å². The largest absolute Gasteiger partial charge is 0.511 e. The summed E-state index contributed by atoms with van der Waals surface area (Å²) in [5.41, 5.74) is 1.80. The fourth-order valence-corrected chi connectivity index (χ4v) is 2.95. The molecule has 1 aromatic carbocycles. The Bertz CT molecular complexity index is 628. The molecule has 0 spiro atoms. The second-order valence-corrected chi connectivity index (χ2v) is 5.79. The molecule has 112 valence electrons. The second kappa shape index (κ2) is 6.45. The van der Waals surface area contributed by atoms with Crippen LogP contribution >= 0.6 is 23.8 Å². The van der Waals surface area contributed by atoms with Crippen LogP contribution < -0.4 is 10.6 Å². The molecule has 3 N–H and O–H groups in total. The lowest BCUT2D eigenvalue weighted by Gasteiger charge is -2.23. The van der Waals surface area contributed by atoms with E-state index in [0.717, 1.165) is 17.7 Å². The minimum absolute atomic E-state index is 0.0174. The number of anilines is 1. The second-order valence-electron chi connectivity index (χ2n) is 4.97. The number of amides is 1. The smallest absolute Gasteiger partial charge is 0.257 e. The van der Waals surface area contributed by atoms with Gasteiger partial charge in [-0.25, -0.2) is 0 Å². The van der Waals surface area contributed by atoms with Gasteiger partial charge in [0.15, 0.2) is 0 Å². The molecule has 1 amide bonds. The molecule has 0 aliphatic carbocycles. The first-order valence-corrected chi connectivity index (χ1v) is 7.54. The van der Waals surface area contributed by atoms with Crippen LogP contribution in [0.15, 0.2) is 29.5 Å². The Hall–Kier alpha value is -1.59. The average molecular weight is 325 g/mol. The first-order chi connectivity index (χ1) is 9.93. The zero-order valence-corrected chi connectivity index (χ0v) is 13.4. The summed E-state index contributed by atoms with van der Waals surface area (Å²) in [5.74, 6) is -0.340. The van der Waals surface area contributed by atoms with Gasteiger partial charge in [0.05, 0.1) is 0 Å². The van der Waals surface area contributed by atoms with Crippen LogP contribution in [0.3, 0.4) is 0 Å². The van der Waals surface area contributed by atoms with Crippen LogP contribution in [-0.2, 0) is 11.2 Å². The van der Waals surface area contributed by atoms with Gasteiger partial charge in [-0.15, -0.1) is 0 Å². The van der Waals surface area contributed by atoms with Gasteiger partial charge in [-0.1, -0.05) is 36.8 Å². The molecule has 1 atom stereocenters. The number of rotatable bonds is 3. The van der Waals surface area contributed by atoms with E-state index in [0.29, 0.717) is 11.4 Å². The number of hydrogen-bond donors (Lipinski definition) is 3. The predicted molar refractivity (Wildman–Crippen MR) is 88.9 cm³/mol. The lowest BCUT2D eigenvalue weighted by Crippen LogP contribution is -2.41. The van der Waals surface area contributed by atoms with Gasteiger partial charge in [0, 0.05) is 23.2 Å². The highest BCUT2D eigenvalue weighted by Gasteiger charge is 2.27. The van der Waals surface area contributed by atoms with E-state index >= 15 is 0 Å². The van der Waals surface area contributed by atoms with E-state index in [1.54, 1.807) is 6.07 Å². The molecule has 0 unspecified atom stereocenters. The topological polar surface area (TPSA) is 61.4 Å². The van der Waals surface area contributed by atoms with Gasteiger partial charge in [-0.05, 0) is 31.0 Å². The summed E-state index contributed by atoms with van der Waals surface area (Å²) in [4.78, 5) is 12.2. The number of carbonyl (C=O) groups excluding carboxylic acids is 1. The Labute approximate surface area is 134 Å². The van der Waals surface area contributed by atoms with Crippen molar-refractivity contribution in [1.82, 2.24) is 5.32 Å². The summed E-state index contributed by atoms with van der Waals surface area (Å²) in [5, 5.41) is 16.4. The van der Waals surface area contributed by atoms with Crippen molar-refractivity contribution in [2.24, 2.45) is 0 Å². The molecule has 0 fully saturated rings. The third-order valence-corrected chi connectivity index (χ3v) is 4.00. The van der Waals surface area contributed by atoms with Crippen LogP contribution in [0.1, 0.15) is 25.8 Å². The van der Waals surface area contributed by atoms with Crippen molar-refractivity contribution in [2.45, 2.75) is 32.7 Å². The van der Waals surface area contributed by atoms with Crippen LogP contribution in [0.25, 0.3) is 0 Å². The SMILES string of the molecule is CCc1c(Cl)cccc1NC(=S)C1=C(O)C[C@@H](C)NC1=O. The number of carbonyl (C=O) groups is 1. The Morgan fingerprint density at radius 3 is 2.90 bits per heavy atom. The van der Waals surface area contributed by atoms with Gasteiger partial charge in [-0.3, -0.25) is 4.79 Å². The van der Waals surface area contributed by atoms with E-state index in [9.17, 15) is 9.90 Å². The number of aliphatic hydroxyl groups excluding tert-OH is 1. The predicted octanol–water partition coefficient (Wildman–Crippen LogP) is 3.36. The summed E-state index contributed by atoms with van der Waals surface area (Å²) in [7, 11) is 0. The summed E-state index contributed by atoms with van der Waals surface area (Å²) in [6.07, 6.45) is 1.11. The molecule has 0 bridgehead atoms. The van der Waals surface area contributed by atoms with E-state index in [2.05, 4.69) is 10.6 Å². The van der Waals surface area contributed by atoms with Crippen LogP contribution in [0.5, 0.6) is 0 Å². The Morgan fingerprint density at radius 2 is 2.29 bits per heavy atom. The Morgan fingerprint density at radius 1 is 1.57 bits per heavy atom. The Kier molecular flexibility index (Phi) is 4.85. The quantitative estimate of drug-likeness (QED) is 0.746. The molecule has 1 aliphatic heterocycles. The van der Waals surface area contributed by atoms with Crippen molar-refractivity contribution >= 4 is 40.4 Å². The average Bonchev–Trinajstić information content (AvgIpc) is 2.37. The van der Waals surface area contributed by atoms with Gasteiger partial charge >= 0.3 is 0 Å². The van der Waals surface area contributed by atoms with Crippen molar-refractivity contribution in [3.05, 3.63) is 40.1 Å². The maximum atomic E-state index is 12.0. The van der Waals surface area contributed by atoms with Crippen molar-refractivity contribution in [2.75, 3.05) is 5.32 Å². The fourth-order valence-electron chi connectivity index (χ4n) is 2.32. The molecular weight excluding hydrogens is 308 g/mol. The molecule has 6 heteroatoms. The summed E-state index contributed by atoms with van der Waals surface area (Å²) < 4.78 is 0. The number of benzene rings is 1. The zero-order chi connectivity index (χ0) is 15.6. The molecule has 1 aliphatic rings. The van der Waals surface area contributed by atoms with E-state index in [1.807, 2.05) is 26.0 Å². The zero-order valence-electron chi connectivity index (χ0n) is 11.9. The number of nitrogens with one attached hydrogen (secondary N) is 2. The number of hydrogen-bond acceptors (Lipinski definition) is 3. The van der Waals surface area contributed by atoms with E-state index in [4.69, 9.17) is 23.8 Å². The van der Waals surface area contributed by atoms with Crippen LogP contribution in [0, 0.1) is 0 Å². The molecule has 0 aromatic heterocycles. The standard InChI is InChI=1S/C15H17ClN2O2S/c1-3-9-10(16)5-4-6-11(9)18-15(21)13-12(19)7-8(2)17-14(13)20/h4-6,8,19H,3,7H2,1-2H3,(H,17,20)(H,18,21)/t8-/m1/s1. The lowest BCUT2D eigenvalue weighted by molar-refractivity contribution is -0.118. The normalized spacial score (nSPS) is 18.4. The third-order valence-electron chi connectivity index (χ3n) is 3.34. The van der Waals surface area contributed by atoms with Crippen LogP contribution in [0.2, 0.25) is 5.02 Å². The summed E-state index contributed by atoms with van der Waals surface area (Å²) in [6, 6.07) is 5.36.